The Labute approximate surface area is 121 Å². The van der Waals surface area contributed by atoms with E-state index in [0.717, 1.165) is 24.9 Å². The van der Waals surface area contributed by atoms with E-state index >= 15 is 0 Å². The standard InChI is InChI=1S/C16H24N2O2/c1-12-9-14-10-13(5-6-15(14)18(2)11-12)16(19)17-7-4-8-20-3/h5-6,10,12H,4,7-9,11H2,1-3H3,(H,17,19). The average Bonchev–Trinajstić information content (AvgIpc) is 2.42. The maximum atomic E-state index is 12.1. The predicted molar refractivity (Wildman–Crippen MR) is 81.4 cm³/mol. The van der Waals surface area contributed by atoms with Crippen molar-refractivity contribution in [1.29, 1.82) is 0 Å². The molecule has 1 atom stereocenters. The number of rotatable bonds is 5. The molecule has 0 fully saturated rings. The molecule has 20 heavy (non-hydrogen) atoms. The van der Waals surface area contributed by atoms with Gasteiger partial charge < -0.3 is 15.0 Å². The number of nitrogens with zero attached hydrogens (tertiary/aromatic N) is 1. The fourth-order valence-electron chi connectivity index (χ4n) is 2.79. The summed E-state index contributed by atoms with van der Waals surface area (Å²) in [6.07, 6.45) is 1.89. The Morgan fingerprint density at radius 1 is 1.50 bits per heavy atom. The Bertz CT molecular complexity index is 474. The Hall–Kier alpha value is -1.55. The van der Waals surface area contributed by atoms with Crippen molar-refractivity contribution < 1.29 is 9.53 Å². The number of benzene rings is 1. The number of methoxy groups -OCH3 is 1. The second kappa shape index (κ2) is 6.75. The lowest BCUT2D eigenvalue weighted by atomic mass is 9.93. The monoisotopic (exact) mass is 276 g/mol. The number of hydrogen-bond acceptors (Lipinski definition) is 3. The van der Waals surface area contributed by atoms with Crippen LogP contribution in [0.5, 0.6) is 0 Å². The van der Waals surface area contributed by atoms with Gasteiger partial charge in [0.1, 0.15) is 0 Å². The molecule has 0 spiro atoms. The minimum Gasteiger partial charge on any atom is -0.385 e. The zero-order valence-electron chi connectivity index (χ0n) is 12.6. The summed E-state index contributed by atoms with van der Waals surface area (Å²) in [4.78, 5) is 14.4. The van der Waals surface area contributed by atoms with Crippen molar-refractivity contribution in [3.8, 4) is 0 Å². The lowest BCUT2D eigenvalue weighted by Gasteiger charge is -2.32. The van der Waals surface area contributed by atoms with Gasteiger partial charge in [0, 0.05) is 45.1 Å². The Kier molecular flexibility index (Phi) is 5.01. The molecule has 1 aliphatic rings. The largest absolute Gasteiger partial charge is 0.385 e. The van der Waals surface area contributed by atoms with Crippen molar-refractivity contribution >= 4 is 11.6 Å². The fraction of sp³-hybridized carbons (Fsp3) is 0.562. The number of amides is 1. The number of nitrogens with one attached hydrogen (secondary N) is 1. The van der Waals surface area contributed by atoms with E-state index in [1.165, 1.54) is 11.3 Å². The summed E-state index contributed by atoms with van der Waals surface area (Å²) >= 11 is 0. The normalized spacial score (nSPS) is 17.8. The molecule has 0 bridgehead atoms. The lowest BCUT2D eigenvalue weighted by Crippen LogP contribution is -2.31. The summed E-state index contributed by atoms with van der Waals surface area (Å²) in [5.74, 6) is 0.636. The van der Waals surface area contributed by atoms with Gasteiger partial charge in [-0.25, -0.2) is 0 Å². The van der Waals surface area contributed by atoms with Gasteiger partial charge in [0.15, 0.2) is 0 Å². The van der Waals surface area contributed by atoms with Gasteiger partial charge in [-0.3, -0.25) is 4.79 Å². The van der Waals surface area contributed by atoms with Crippen LogP contribution in [0, 0.1) is 5.92 Å². The van der Waals surface area contributed by atoms with Crippen LogP contribution in [-0.4, -0.2) is 39.8 Å². The second-order valence-corrected chi connectivity index (χ2v) is 5.64. The molecule has 1 N–H and O–H groups in total. The van der Waals surface area contributed by atoms with E-state index in [1.54, 1.807) is 7.11 Å². The third-order valence-electron chi connectivity index (χ3n) is 3.72. The van der Waals surface area contributed by atoms with Crippen LogP contribution < -0.4 is 10.2 Å². The van der Waals surface area contributed by atoms with Crippen LogP contribution in [0.1, 0.15) is 29.3 Å². The van der Waals surface area contributed by atoms with Crippen LogP contribution in [0.25, 0.3) is 0 Å². The van der Waals surface area contributed by atoms with Crippen molar-refractivity contribution in [2.45, 2.75) is 19.8 Å². The first-order valence-electron chi connectivity index (χ1n) is 7.23. The van der Waals surface area contributed by atoms with Gasteiger partial charge in [0.25, 0.3) is 5.91 Å². The Balaban J connectivity index is 2.03. The molecule has 4 heteroatoms. The zero-order valence-corrected chi connectivity index (χ0v) is 12.6. The SMILES string of the molecule is COCCCNC(=O)c1ccc2c(c1)CC(C)CN2C. The summed E-state index contributed by atoms with van der Waals surface area (Å²) in [6.45, 7) is 4.65. The molecule has 0 saturated carbocycles. The third kappa shape index (κ3) is 3.51. The van der Waals surface area contributed by atoms with Gasteiger partial charge in [-0.1, -0.05) is 6.92 Å². The summed E-state index contributed by atoms with van der Waals surface area (Å²) < 4.78 is 4.97. The minimum absolute atomic E-state index is 0.00443. The molecule has 2 rings (SSSR count). The van der Waals surface area contributed by atoms with E-state index in [9.17, 15) is 4.79 Å². The molecule has 1 aliphatic heterocycles. The highest BCUT2D eigenvalue weighted by Crippen LogP contribution is 2.29. The number of fused-ring (bicyclic) bond motifs is 1. The summed E-state index contributed by atoms with van der Waals surface area (Å²) in [5, 5.41) is 2.93. The van der Waals surface area contributed by atoms with E-state index < -0.39 is 0 Å². The lowest BCUT2D eigenvalue weighted by molar-refractivity contribution is 0.0948. The van der Waals surface area contributed by atoms with Crippen LogP contribution in [0.15, 0.2) is 18.2 Å². The molecule has 4 nitrogen and oxygen atoms in total. The highest BCUT2D eigenvalue weighted by molar-refractivity contribution is 5.95. The van der Waals surface area contributed by atoms with Crippen molar-refractivity contribution in [2.75, 3.05) is 38.8 Å². The first-order chi connectivity index (χ1) is 9.61. The number of hydrogen-bond donors (Lipinski definition) is 1. The molecule has 1 heterocycles. The smallest absolute Gasteiger partial charge is 0.251 e. The van der Waals surface area contributed by atoms with Crippen molar-refractivity contribution in [2.24, 2.45) is 5.92 Å². The number of ether oxygens (including phenoxy) is 1. The summed E-state index contributed by atoms with van der Waals surface area (Å²) in [5.41, 5.74) is 3.28. The maximum Gasteiger partial charge on any atom is 0.251 e. The van der Waals surface area contributed by atoms with Crippen molar-refractivity contribution in [1.82, 2.24) is 5.32 Å². The van der Waals surface area contributed by atoms with Crippen LogP contribution in [0.2, 0.25) is 0 Å². The van der Waals surface area contributed by atoms with Crippen molar-refractivity contribution in [3.05, 3.63) is 29.3 Å². The summed E-state index contributed by atoms with van der Waals surface area (Å²) in [6, 6.07) is 6.01. The second-order valence-electron chi connectivity index (χ2n) is 5.64. The molecule has 0 radical (unpaired) electrons. The molecule has 1 amide bonds. The molecular weight excluding hydrogens is 252 g/mol. The highest BCUT2D eigenvalue weighted by atomic mass is 16.5. The molecule has 0 aliphatic carbocycles. The number of carbonyl (C=O) groups excluding carboxylic acids is 1. The molecule has 1 aromatic rings. The van der Waals surface area contributed by atoms with Crippen LogP contribution in [0.3, 0.4) is 0 Å². The van der Waals surface area contributed by atoms with Crippen molar-refractivity contribution in [3.63, 3.8) is 0 Å². The molecule has 1 unspecified atom stereocenters. The topological polar surface area (TPSA) is 41.6 Å². The summed E-state index contributed by atoms with van der Waals surface area (Å²) in [7, 11) is 3.78. The van der Waals surface area contributed by atoms with Crippen LogP contribution >= 0.6 is 0 Å². The number of anilines is 1. The molecule has 110 valence electrons. The van der Waals surface area contributed by atoms with Gasteiger partial charge in [-0.15, -0.1) is 0 Å². The fourth-order valence-corrected chi connectivity index (χ4v) is 2.79. The zero-order chi connectivity index (χ0) is 14.5. The van der Waals surface area contributed by atoms with E-state index in [4.69, 9.17) is 4.74 Å². The van der Waals surface area contributed by atoms with Gasteiger partial charge in [-0.2, -0.15) is 0 Å². The maximum absolute atomic E-state index is 12.1. The molecule has 0 aromatic heterocycles. The van der Waals surface area contributed by atoms with E-state index in [2.05, 4.69) is 30.3 Å². The first kappa shape index (κ1) is 14.9. The quantitative estimate of drug-likeness (QED) is 0.837. The Morgan fingerprint density at radius 2 is 2.30 bits per heavy atom. The first-order valence-corrected chi connectivity index (χ1v) is 7.23. The van der Waals surface area contributed by atoms with Gasteiger partial charge in [0.2, 0.25) is 0 Å². The highest BCUT2D eigenvalue weighted by Gasteiger charge is 2.20. The molecule has 1 aromatic carbocycles. The minimum atomic E-state index is 0.00443. The third-order valence-corrected chi connectivity index (χ3v) is 3.72. The van der Waals surface area contributed by atoms with Gasteiger partial charge in [0.05, 0.1) is 0 Å². The Morgan fingerprint density at radius 3 is 3.05 bits per heavy atom. The van der Waals surface area contributed by atoms with E-state index in [0.29, 0.717) is 19.1 Å². The van der Waals surface area contributed by atoms with Crippen LogP contribution in [-0.2, 0) is 11.2 Å². The van der Waals surface area contributed by atoms with E-state index in [1.807, 2.05) is 12.1 Å². The molecular formula is C16H24N2O2. The number of carbonyl (C=O) groups is 1. The molecule has 0 saturated heterocycles. The van der Waals surface area contributed by atoms with Crippen LogP contribution in [0.4, 0.5) is 5.69 Å². The average molecular weight is 276 g/mol. The van der Waals surface area contributed by atoms with Gasteiger partial charge in [-0.05, 0) is 42.5 Å². The van der Waals surface area contributed by atoms with E-state index in [-0.39, 0.29) is 5.91 Å². The predicted octanol–water partition coefficient (Wildman–Crippen LogP) is 2.08. The van der Waals surface area contributed by atoms with Gasteiger partial charge >= 0.3 is 0 Å².